The first-order valence-electron chi connectivity index (χ1n) is 4.93. The van der Waals surface area contributed by atoms with E-state index in [4.69, 9.17) is 16.9 Å². The fourth-order valence-electron chi connectivity index (χ4n) is 1.48. The maximum Gasteiger partial charge on any atom is 0.153 e. The van der Waals surface area contributed by atoms with Gasteiger partial charge in [0.05, 0.1) is 23.6 Å². The highest BCUT2D eigenvalue weighted by Crippen LogP contribution is 2.25. The molecule has 2 rings (SSSR count). The highest BCUT2D eigenvalue weighted by atomic mass is 35.5. The number of para-hydroxylation sites is 1. The predicted molar refractivity (Wildman–Crippen MR) is 66.3 cm³/mol. The fourth-order valence-corrected chi connectivity index (χ4v) is 1.62. The van der Waals surface area contributed by atoms with Gasteiger partial charge in [0.25, 0.3) is 0 Å². The van der Waals surface area contributed by atoms with Crippen molar-refractivity contribution in [3.8, 4) is 6.07 Å². The molecule has 0 N–H and O–H groups in total. The minimum Gasteiger partial charge on any atom is -0.327 e. The van der Waals surface area contributed by atoms with E-state index in [1.165, 1.54) is 6.20 Å². The Balaban J connectivity index is 2.44. The average Bonchev–Trinajstić information content (AvgIpc) is 2.38. The third-order valence-electron chi connectivity index (χ3n) is 2.32. The van der Waals surface area contributed by atoms with Crippen molar-refractivity contribution in [3.63, 3.8) is 0 Å². The topological polar surface area (TPSA) is 52.8 Å². The zero-order chi connectivity index (χ0) is 12.3. The second kappa shape index (κ2) is 4.81. The van der Waals surface area contributed by atoms with Gasteiger partial charge in [0, 0.05) is 7.05 Å². The van der Waals surface area contributed by atoms with Crippen LogP contribution in [0.4, 0.5) is 11.5 Å². The third kappa shape index (κ3) is 2.35. The molecule has 0 saturated carbocycles. The van der Waals surface area contributed by atoms with Crippen LogP contribution in [0.25, 0.3) is 0 Å². The van der Waals surface area contributed by atoms with Crippen molar-refractivity contribution >= 4 is 23.1 Å². The molecule has 2 aromatic rings. The molecule has 0 spiro atoms. The lowest BCUT2D eigenvalue weighted by Gasteiger charge is -2.18. The van der Waals surface area contributed by atoms with Crippen molar-refractivity contribution in [2.75, 3.05) is 11.9 Å². The Morgan fingerprint density at radius 1 is 1.29 bits per heavy atom. The smallest absolute Gasteiger partial charge is 0.153 e. The number of anilines is 2. The minimum absolute atomic E-state index is 0.323. The van der Waals surface area contributed by atoms with E-state index >= 15 is 0 Å². The van der Waals surface area contributed by atoms with Crippen LogP contribution in [0, 0.1) is 11.3 Å². The van der Waals surface area contributed by atoms with Crippen LogP contribution in [-0.4, -0.2) is 17.0 Å². The zero-order valence-electron chi connectivity index (χ0n) is 9.13. The van der Waals surface area contributed by atoms with E-state index in [-0.39, 0.29) is 0 Å². The van der Waals surface area contributed by atoms with Crippen LogP contribution < -0.4 is 4.90 Å². The van der Waals surface area contributed by atoms with Crippen LogP contribution >= 0.6 is 11.6 Å². The van der Waals surface area contributed by atoms with Crippen molar-refractivity contribution in [3.05, 3.63) is 47.4 Å². The van der Waals surface area contributed by atoms with Crippen LogP contribution in [-0.2, 0) is 0 Å². The van der Waals surface area contributed by atoms with Gasteiger partial charge in [-0.1, -0.05) is 23.7 Å². The van der Waals surface area contributed by atoms with E-state index in [9.17, 15) is 0 Å². The number of rotatable bonds is 2. The Labute approximate surface area is 104 Å². The van der Waals surface area contributed by atoms with Crippen molar-refractivity contribution in [1.82, 2.24) is 9.97 Å². The van der Waals surface area contributed by atoms with Crippen molar-refractivity contribution in [2.45, 2.75) is 0 Å². The number of benzene rings is 1. The van der Waals surface area contributed by atoms with Gasteiger partial charge in [0.15, 0.2) is 5.82 Å². The normalized spacial score (nSPS) is 9.71. The van der Waals surface area contributed by atoms with Gasteiger partial charge in [-0.3, -0.25) is 4.98 Å². The Morgan fingerprint density at radius 3 is 2.76 bits per heavy atom. The molecule has 0 unspecified atom stereocenters. The molecule has 4 nitrogen and oxygen atoms in total. The molecular formula is C12H9ClN4. The molecule has 0 aliphatic carbocycles. The van der Waals surface area contributed by atoms with Gasteiger partial charge in [-0.25, -0.2) is 4.98 Å². The summed E-state index contributed by atoms with van der Waals surface area (Å²) in [5.41, 5.74) is 1.35. The zero-order valence-corrected chi connectivity index (χ0v) is 9.89. The molecule has 84 valence electrons. The van der Waals surface area contributed by atoms with Crippen molar-refractivity contribution < 1.29 is 0 Å². The van der Waals surface area contributed by atoms with Gasteiger partial charge in [-0.15, -0.1) is 0 Å². The number of nitriles is 1. The van der Waals surface area contributed by atoms with Crippen LogP contribution in [0.2, 0.25) is 5.15 Å². The molecule has 0 atom stereocenters. The molecule has 1 aromatic carbocycles. The number of hydrogen-bond donors (Lipinski definition) is 0. The van der Waals surface area contributed by atoms with Gasteiger partial charge in [0.1, 0.15) is 11.2 Å². The van der Waals surface area contributed by atoms with Crippen LogP contribution in [0.3, 0.4) is 0 Å². The second-order valence-electron chi connectivity index (χ2n) is 3.39. The summed E-state index contributed by atoms with van der Waals surface area (Å²) in [5.74, 6) is 0.597. The SMILES string of the molecule is CN(c1cncc(Cl)n1)c1ccccc1C#N. The molecule has 5 heteroatoms. The Kier molecular flexibility index (Phi) is 3.22. The van der Waals surface area contributed by atoms with Crippen molar-refractivity contribution in [1.29, 1.82) is 5.26 Å². The molecular weight excluding hydrogens is 236 g/mol. The largest absolute Gasteiger partial charge is 0.327 e. The average molecular weight is 245 g/mol. The summed E-state index contributed by atoms with van der Waals surface area (Å²) in [4.78, 5) is 9.89. The highest BCUT2D eigenvalue weighted by Gasteiger charge is 2.10. The van der Waals surface area contributed by atoms with Gasteiger partial charge in [-0.05, 0) is 12.1 Å². The van der Waals surface area contributed by atoms with Gasteiger partial charge < -0.3 is 4.90 Å². The summed E-state index contributed by atoms with van der Waals surface area (Å²) in [5, 5.41) is 9.35. The molecule has 0 saturated heterocycles. The maximum atomic E-state index is 9.03. The third-order valence-corrected chi connectivity index (χ3v) is 2.50. The van der Waals surface area contributed by atoms with Crippen LogP contribution in [0.15, 0.2) is 36.7 Å². The first-order chi connectivity index (χ1) is 8.22. The summed E-state index contributed by atoms with van der Waals surface area (Å²) in [6.07, 6.45) is 3.06. The number of halogens is 1. The first-order valence-corrected chi connectivity index (χ1v) is 5.30. The van der Waals surface area contributed by atoms with Crippen LogP contribution in [0.1, 0.15) is 5.56 Å². The molecule has 0 amide bonds. The standard InChI is InChI=1S/C12H9ClN4/c1-17(12-8-15-7-11(13)16-12)10-5-3-2-4-9(10)6-14/h2-5,7-8H,1H3. The quantitative estimate of drug-likeness (QED) is 0.815. The van der Waals surface area contributed by atoms with E-state index < -0.39 is 0 Å². The molecule has 17 heavy (non-hydrogen) atoms. The lowest BCUT2D eigenvalue weighted by molar-refractivity contribution is 1.08. The van der Waals surface area contributed by atoms with E-state index in [0.717, 1.165) is 5.69 Å². The van der Waals surface area contributed by atoms with Gasteiger partial charge >= 0.3 is 0 Å². The van der Waals surface area contributed by atoms with E-state index in [1.807, 2.05) is 25.2 Å². The summed E-state index contributed by atoms with van der Waals surface area (Å²) in [6, 6.07) is 9.42. The number of hydrogen-bond acceptors (Lipinski definition) is 4. The monoisotopic (exact) mass is 244 g/mol. The molecule has 0 aliphatic rings. The maximum absolute atomic E-state index is 9.03. The molecule has 1 heterocycles. The van der Waals surface area contributed by atoms with E-state index in [1.54, 1.807) is 17.2 Å². The lowest BCUT2D eigenvalue weighted by atomic mass is 10.2. The Hall–Kier alpha value is -2.12. The predicted octanol–water partition coefficient (Wildman–Crippen LogP) is 2.77. The van der Waals surface area contributed by atoms with Crippen molar-refractivity contribution in [2.24, 2.45) is 0 Å². The molecule has 0 radical (unpaired) electrons. The van der Waals surface area contributed by atoms with Crippen LogP contribution in [0.5, 0.6) is 0 Å². The highest BCUT2D eigenvalue weighted by molar-refractivity contribution is 6.29. The van der Waals surface area contributed by atoms with E-state index in [2.05, 4.69) is 16.0 Å². The molecule has 1 aromatic heterocycles. The number of nitrogens with zero attached hydrogens (tertiary/aromatic N) is 4. The molecule has 0 fully saturated rings. The fraction of sp³-hybridized carbons (Fsp3) is 0.0833. The minimum atomic E-state index is 0.323. The molecule has 0 aliphatic heterocycles. The summed E-state index contributed by atoms with van der Waals surface area (Å²) in [7, 11) is 1.82. The second-order valence-corrected chi connectivity index (χ2v) is 3.78. The Morgan fingerprint density at radius 2 is 2.06 bits per heavy atom. The van der Waals surface area contributed by atoms with E-state index in [0.29, 0.717) is 16.5 Å². The van der Waals surface area contributed by atoms with Gasteiger partial charge in [-0.2, -0.15) is 5.26 Å². The summed E-state index contributed by atoms with van der Waals surface area (Å²) < 4.78 is 0. The van der Waals surface area contributed by atoms with Gasteiger partial charge in [0.2, 0.25) is 0 Å². The lowest BCUT2D eigenvalue weighted by Crippen LogP contribution is -2.12. The summed E-state index contributed by atoms with van der Waals surface area (Å²) in [6.45, 7) is 0. The first kappa shape index (κ1) is 11.4. The summed E-state index contributed by atoms with van der Waals surface area (Å²) >= 11 is 5.78. The molecule has 0 bridgehead atoms. The Bertz CT molecular complexity index is 577. The number of aromatic nitrogens is 2.